The SMILES string of the molecule is CCC1CNC2(CCCCC2)CN1CC1CCSC1. The third-order valence-corrected chi connectivity index (χ3v) is 6.76. The molecule has 3 rings (SSSR count). The molecule has 0 aromatic heterocycles. The quantitative estimate of drug-likeness (QED) is 0.856. The number of thioether (sulfide) groups is 1. The van der Waals surface area contributed by atoms with Crippen LogP contribution in [0.2, 0.25) is 0 Å². The van der Waals surface area contributed by atoms with Crippen LogP contribution in [0.1, 0.15) is 51.9 Å². The van der Waals surface area contributed by atoms with Crippen LogP contribution in [0.25, 0.3) is 0 Å². The average Bonchev–Trinajstić information content (AvgIpc) is 2.93. The van der Waals surface area contributed by atoms with Crippen LogP contribution in [0.15, 0.2) is 0 Å². The van der Waals surface area contributed by atoms with E-state index in [4.69, 9.17) is 0 Å². The first kappa shape index (κ1) is 14.2. The third kappa shape index (κ3) is 3.30. The number of nitrogens with zero attached hydrogens (tertiary/aromatic N) is 1. The van der Waals surface area contributed by atoms with Gasteiger partial charge >= 0.3 is 0 Å². The van der Waals surface area contributed by atoms with Gasteiger partial charge < -0.3 is 5.32 Å². The lowest BCUT2D eigenvalue weighted by Crippen LogP contribution is -2.65. The highest BCUT2D eigenvalue weighted by Crippen LogP contribution is 2.33. The Kier molecular flexibility index (Phi) is 4.76. The van der Waals surface area contributed by atoms with E-state index in [1.165, 1.54) is 76.1 Å². The molecule has 1 aliphatic carbocycles. The van der Waals surface area contributed by atoms with E-state index < -0.39 is 0 Å². The number of nitrogens with one attached hydrogen (secondary N) is 1. The molecule has 2 nitrogen and oxygen atoms in total. The Labute approximate surface area is 123 Å². The number of hydrogen-bond acceptors (Lipinski definition) is 3. The van der Waals surface area contributed by atoms with E-state index in [9.17, 15) is 0 Å². The largest absolute Gasteiger partial charge is 0.308 e. The van der Waals surface area contributed by atoms with Gasteiger partial charge in [-0.05, 0) is 43.1 Å². The fourth-order valence-corrected chi connectivity index (χ4v) is 5.55. The van der Waals surface area contributed by atoms with Crippen LogP contribution in [-0.2, 0) is 0 Å². The van der Waals surface area contributed by atoms with E-state index in [-0.39, 0.29) is 0 Å². The molecule has 2 aliphatic heterocycles. The van der Waals surface area contributed by atoms with Gasteiger partial charge in [-0.2, -0.15) is 11.8 Å². The summed E-state index contributed by atoms with van der Waals surface area (Å²) in [4.78, 5) is 2.86. The van der Waals surface area contributed by atoms with Gasteiger partial charge in [-0.1, -0.05) is 26.2 Å². The normalized spacial score (nSPS) is 35.8. The van der Waals surface area contributed by atoms with E-state index in [0.717, 1.165) is 12.0 Å². The van der Waals surface area contributed by atoms with Gasteiger partial charge in [0, 0.05) is 31.2 Å². The van der Waals surface area contributed by atoms with Gasteiger partial charge in [0.2, 0.25) is 0 Å². The maximum Gasteiger partial charge on any atom is 0.0309 e. The highest BCUT2D eigenvalue weighted by atomic mass is 32.2. The van der Waals surface area contributed by atoms with Crippen LogP contribution in [-0.4, -0.2) is 47.6 Å². The zero-order chi connectivity index (χ0) is 13.1. The van der Waals surface area contributed by atoms with Crippen molar-refractivity contribution >= 4 is 11.8 Å². The van der Waals surface area contributed by atoms with E-state index in [2.05, 4.69) is 28.9 Å². The summed E-state index contributed by atoms with van der Waals surface area (Å²) in [7, 11) is 0. The van der Waals surface area contributed by atoms with Crippen LogP contribution in [0.4, 0.5) is 0 Å². The molecule has 3 aliphatic rings. The van der Waals surface area contributed by atoms with Crippen molar-refractivity contribution in [2.24, 2.45) is 5.92 Å². The van der Waals surface area contributed by atoms with Gasteiger partial charge in [0.05, 0.1) is 0 Å². The molecule has 2 atom stereocenters. The van der Waals surface area contributed by atoms with Gasteiger partial charge in [-0.25, -0.2) is 0 Å². The first-order chi connectivity index (χ1) is 9.31. The highest BCUT2D eigenvalue weighted by molar-refractivity contribution is 7.99. The van der Waals surface area contributed by atoms with E-state index in [0.29, 0.717) is 5.54 Å². The van der Waals surface area contributed by atoms with Gasteiger partial charge in [0.15, 0.2) is 0 Å². The molecule has 0 aromatic carbocycles. The van der Waals surface area contributed by atoms with Gasteiger partial charge in [0.1, 0.15) is 0 Å². The molecule has 1 saturated carbocycles. The molecular weight excluding hydrogens is 252 g/mol. The fourth-order valence-electron chi connectivity index (χ4n) is 4.28. The van der Waals surface area contributed by atoms with Crippen LogP contribution in [0, 0.1) is 5.92 Å². The van der Waals surface area contributed by atoms with Crippen molar-refractivity contribution in [3.8, 4) is 0 Å². The minimum atomic E-state index is 0.482. The Morgan fingerprint density at radius 1 is 1.26 bits per heavy atom. The molecule has 2 unspecified atom stereocenters. The molecule has 2 heterocycles. The Hall–Kier alpha value is 0.270. The van der Waals surface area contributed by atoms with Crippen molar-refractivity contribution in [2.75, 3.05) is 31.1 Å². The molecule has 0 radical (unpaired) electrons. The maximum atomic E-state index is 3.94. The third-order valence-electron chi connectivity index (χ3n) is 5.53. The predicted molar refractivity (Wildman–Crippen MR) is 84.9 cm³/mol. The average molecular weight is 282 g/mol. The maximum absolute atomic E-state index is 3.94. The van der Waals surface area contributed by atoms with Crippen molar-refractivity contribution < 1.29 is 0 Å². The molecular formula is C16H30N2S. The first-order valence-electron chi connectivity index (χ1n) is 8.38. The van der Waals surface area contributed by atoms with Crippen LogP contribution >= 0.6 is 11.8 Å². The van der Waals surface area contributed by atoms with Crippen molar-refractivity contribution in [1.82, 2.24) is 10.2 Å². The zero-order valence-corrected chi connectivity index (χ0v) is 13.3. The Morgan fingerprint density at radius 2 is 2.11 bits per heavy atom. The Morgan fingerprint density at radius 3 is 2.79 bits per heavy atom. The van der Waals surface area contributed by atoms with Gasteiger partial charge in [-0.15, -0.1) is 0 Å². The van der Waals surface area contributed by atoms with Crippen molar-refractivity contribution in [2.45, 2.75) is 63.5 Å². The van der Waals surface area contributed by atoms with Crippen molar-refractivity contribution in [3.63, 3.8) is 0 Å². The number of rotatable bonds is 3. The van der Waals surface area contributed by atoms with Crippen LogP contribution in [0.5, 0.6) is 0 Å². The van der Waals surface area contributed by atoms with Gasteiger partial charge in [-0.3, -0.25) is 4.90 Å². The Balaban J connectivity index is 1.63. The highest BCUT2D eigenvalue weighted by Gasteiger charge is 2.39. The number of hydrogen-bond donors (Lipinski definition) is 1. The predicted octanol–water partition coefficient (Wildman–Crippen LogP) is 3.13. The van der Waals surface area contributed by atoms with Crippen molar-refractivity contribution in [3.05, 3.63) is 0 Å². The monoisotopic (exact) mass is 282 g/mol. The number of piperazine rings is 1. The Bertz CT molecular complexity index is 282. The molecule has 0 bridgehead atoms. The molecule has 0 aromatic rings. The lowest BCUT2D eigenvalue weighted by atomic mass is 9.79. The molecule has 1 N–H and O–H groups in total. The standard InChI is InChI=1S/C16H30N2S/c1-2-15-10-17-16(7-4-3-5-8-16)13-18(15)11-14-6-9-19-12-14/h14-15,17H,2-13H2,1H3. The summed E-state index contributed by atoms with van der Waals surface area (Å²) in [6.45, 7) is 6.29. The van der Waals surface area contributed by atoms with E-state index in [1.54, 1.807) is 0 Å². The van der Waals surface area contributed by atoms with Crippen LogP contribution in [0.3, 0.4) is 0 Å². The van der Waals surface area contributed by atoms with Crippen LogP contribution < -0.4 is 5.32 Å². The molecule has 3 fully saturated rings. The molecule has 0 amide bonds. The molecule has 110 valence electrons. The van der Waals surface area contributed by atoms with E-state index >= 15 is 0 Å². The first-order valence-corrected chi connectivity index (χ1v) is 9.54. The van der Waals surface area contributed by atoms with E-state index in [1.807, 2.05) is 0 Å². The minimum Gasteiger partial charge on any atom is -0.308 e. The lowest BCUT2D eigenvalue weighted by molar-refractivity contribution is 0.0451. The lowest BCUT2D eigenvalue weighted by Gasteiger charge is -2.50. The summed E-state index contributed by atoms with van der Waals surface area (Å²) in [5, 5.41) is 3.94. The summed E-state index contributed by atoms with van der Waals surface area (Å²) >= 11 is 2.16. The minimum absolute atomic E-state index is 0.482. The summed E-state index contributed by atoms with van der Waals surface area (Å²) < 4.78 is 0. The molecule has 2 saturated heterocycles. The summed E-state index contributed by atoms with van der Waals surface area (Å²) in [6, 6.07) is 0.790. The smallest absolute Gasteiger partial charge is 0.0309 e. The zero-order valence-electron chi connectivity index (χ0n) is 12.5. The van der Waals surface area contributed by atoms with Crippen molar-refractivity contribution in [1.29, 1.82) is 0 Å². The second-order valence-electron chi connectivity index (χ2n) is 6.94. The fraction of sp³-hybridized carbons (Fsp3) is 1.00. The summed E-state index contributed by atoms with van der Waals surface area (Å²) in [5.74, 6) is 3.78. The second kappa shape index (κ2) is 6.36. The summed E-state index contributed by atoms with van der Waals surface area (Å²) in [5.41, 5.74) is 0.482. The second-order valence-corrected chi connectivity index (χ2v) is 8.09. The molecule has 1 spiro atoms. The molecule has 19 heavy (non-hydrogen) atoms. The topological polar surface area (TPSA) is 15.3 Å². The summed E-state index contributed by atoms with van der Waals surface area (Å²) in [6.07, 6.45) is 9.94. The van der Waals surface area contributed by atoms with Gasteiger partial charge in [0.25, 0.3) is 0 Å². The molecule has 3 heteroatoms.